The van der Waals surface area contributed by atoms with Gasteiger partial charge in [0.2, 0.25) is 5.91 Å². The largest absolute Gasteiger partial charge is 0.477 e. The van der Waals surface area contributed by atoms with Gasteiger partial charge >= 0.3 is 11.9 Å². The van der Waals surface area contributed by atoms with Gasteiger partial charge in [0.25, 0.3) is 0 Å². The molecule has 0 spiro atoms. The molecular formula is C16H17NO6S. The van der Waals surface area contributed by atoms with Gasteiger partial charge in [0.1, 0.15) is 11.5 Å². The number of carbonyl (C=O) groups is 3. The van der Waals surface area contributed by atoms with E-state index in [2.05, 4.69) is 0 Å². The van der Waals surface area contributed by atoms with Gasteiger partial charge in [0.05, 0.1) is 30.6 Å². The molecule has 1 aromatic heterocycles. The standard InChI is InChI=1S/C16H17NO6S/c1-9(18)22-6-4-11-12-7-13(24-8-10-3-2-5-23-10)14(16(20)21)17(12)15(11)19/h2-3,5,11-12H,4,6-8H2,1H3,(H,20,21). The Morgan fingerprint density at radius 1 is 1.50 bits per heavy atom. The molecule has 2 aliphatic rings. The van der Waals surface area contributed by atoms with Crippen molar-refractivity contribution in [2.45, 2.75) is 31.6 Å². The third-order valence-electron chi connectivity index (χ3n) is 4.16. The summed E-state index contributed by atoms with van der Waals surface area (Å²) in [5.41, 5.74) is 0.0743. The van der Waals surface area contributed by atoms with E-state index in [9.17, 15) is 19.5 Å². The highest BCUT2D eigenvalue weighted by atomic mass is 32.2. The molecule has 0 aliphatic carbocycles. The molecule has 1 aromatic rings. The number of furan rings is 1. The lowest BCUT2D eigenvalue weighted by molar-refractivity contribution is -0.157. The zero-order valence-corrected chi connectivity index (χ0v) is 13.9. The van der Waals surface area contributed by atoms with E-state index in [0.717, 1.165) is 5.76 Å². The van der Waals surface area contributed by atoms with Crippen molar-refractivity contribution >= 4 is 29.6 Å². The summed E-state index contributed by atoms with van der Waals surface area (Å²) >= 11 is 1.38. The summed E-state index contributed by atoms with van der Waals surface area (Å²) in [6.07, 6.45) is 2.50. The van der Waals surface area contributed by atoms with Crippen LogP contribution in [0.5, 0.6) is 0 Å². The molecule has 0 saturated carbocycles. The average molecular weight is 351 g/mol. The van der Waals surface area contributed by atoms with Crippen LogP contribution in [0.15, 0.2) is 33.4 Å². The molecule has 0 aromatic carbocycles. The van der Waals surface area contributed by atoms with Crippen molar-refractivity contribution < 1.29 is 28.6 Å². The Hall–Kier alpha value is -2.22. The number of hydrogen-bond donors (Lipinski definition) is 1. The molecule has 8 heteroatoms. The van der Waals surface area contributed by atoms with E-state index in [1.807, 2.05) is 6.07 Å². The Kier molecular flexibility index (Phi) is 4.66. The van der Waals surface area contributed by atoms with E-state index in [4.69, 9.17) is 9.15 Å². The molecule has 3 rings (SSSR count). The third kappa shape index (κ3) is 3.06. The molecule has 24 heavy (non-hydrogen) atoms. The van der Waals surface area contributed by atoms with Crippen LogP contribution in [0.25, 0.3) is 0 Å². The molecule has 7 nitrogen and oxygen atoms in total. The normalized spacial score (nSPS) is 22.4. The van der Waals surface area contributed by atoms with Gasteiger partial charge in [-0.2, -0.15) is 0 Å². The Labute approximate surface area is 142 Å². The lowest BCUT2D eigenvalue weighted by atomic mass is 9.85. The monoisotopic (exact) mass is 351 g/mol. The van der Waals surface area contributed by atoms with Gasteiger partial charge in [-0.15, -0.1) is 11.8 Å². The summed E-state index contributed by atoms with van der Waals surface area (Å²) in [5.74, 6) is -0.704. The van der Waals surface area contributed by atoms with E-state index in [-0.39, 0.29) is 36.1 Å². The Morgan fingerprint density at radius 2 is 2.29 bits per heavy atom. The van der Waals surface area contributed by atoms with E-state index in [1.54, 1.807) is 12.3 Å². The van der Waals surface area contributed by atoms with Crippen molar-refractivity contribution in [3.63, 3.8) is 0 Å². The van der Waals surface area contributed by atoms with Gasteiger partial charge in [0, 0.05) is 18.2 Å². The first-order chi connectivity index (χ1) is 11.5. The molecule has 2 atom stereocenters. The predicted octanol–water partition coefficient (Wildman–Crippen LogP) is 1.99. The quantitative estimate of drug-likeness (QED) is 0.592. The summed E-state index contributed by atoms with van der Waals surface area (Å²) < 4.78 is 10.1. The summed E-state index contributed by atoms with van der Waals surface area (Å²) in [5, 5.41) is 9.46. The smallest absolute Gasteiger partial charge is 0.353 e. The second kappa shape index (κ2) is 6.72. The number of esters is 1. The number of rotatable bonds is 7. The predicted molar refractivity (Wildman–Crippen MR) is 84.7 cm³/mol. The molecular weight excluding hydrogens is 334 g/mol. The van der Waals surface area contributed by atoms with Gasteiger partial charge < -0.3 is 19.2 Å². The minimum atomic E-state index is -1.09. The van der Waals surface area contributed by atoms with Crippen LogP contribution in [0, 0.1) is 5.92 Å². The van der Waals surface area contributed by atoms with Gasteiger partial charge in [-0.25, -0.2) is 4.79 Å². The molecule has 128 valence electrons. The minimum absolute atomic E-state index is 0.0743. The summed E-state index contributed by atoms with van der Waals surface area (Å²) in [7, 11) is 0. The molecule has 2 unspecified atom stereocenters. The summed E-state index contributed by atoms with van der Waals surface area (Å²) in [6, 6.07) is 3.45. The first-order valence-corrected chi connectivity index (χ1v) is 8.55. The number of hydrogen-bond acceptors (Lipinski definition) is 6. The fourth-order valence-corrected chi connectivity index (χ4v) is 4.17. The zero-order chi connectivity index (χ0) is 17.3. The van der Waals surface area contributed by atoms with Crippen molar-refractivity contribution in [2.24, 2.45) is 5.92 Å². The van der Waals surface area contributed by atoms with Crippen molar-refractivity contribution in [1.29, 1.82) is 0 Å². The molecule has 3 heterocycles. The van der Waals surface area contributed by atoms with Crippen LogP contribution < -0.4 is 0 Å². The topological polar surface area (TPSA) is 97.1 Å². The van der Waals surface area contributed by atoms with Gasteiger partial charge in [-0.1, -0.05) is 0 Å². The number of nitrogens with zero attached hydrogens (tertiary/aromatic N) is 1. The number of aliphatic carboxylic acids is 1. The van der Waals surface area contributed by atoms with Crippen LogP contribution in [0.2, 0.25) is 0 Å². The number of carboxylic acid groups (broad SMARTS) is 1. The second-order valence-electron chi connectivity index (χ2n) is 5.66. The number of thioether (sulfide) groups is 1. The molecule has 1 saturated heterocycles. The van der Waals surface area contributed by atoms with Crippen molar-refractivity contribution in [1.82, 2.24) is 4.90 Å². The first kappa shape index (κ1) is 16.6. The second-order valence-corrected chi connectivity index (χ2v) is 6.73. The highest BCUT2D eigenvalue weighted by molar-refractivity contribution is 8.02. The maximum Gasteiger partial charge on any atom is 0.353 e. The number of β-lactam (4-membered cyclic amide) rings is 1. The zero-order valence-electron chi connectivity index (χ0n) is 13.1. The van der Waals surface area contributed by atoms with Gasteiger partial charge in [-0.3, -0.25) is 9.59 Å². The van der Waals surface area contributed by atoms with Crippen LogP contribution >= 0.6 is 11.8 Å². The lowest BCUT2D eigenvalue weighted by Gasteiger charge is -2.43. The highest BCUT2D eigenvalue weighted by Gasteiger charge is 2.54. The van der Waals surface area contributed by atoms with Crippen molar-refractivity contribution in [3.05, 3.63) is 34.8 Å². The van der Waals surface area contributed by atoms with Crippen LogP contribution in [-0.4, -0.2) is 40.5 Å². The van der Waals surface area contributed by atoms with Crippen LogP contribution in [-0.2, 0) is 24.9 Å². The van der Waals surface area contributed by atoms with Crippen LogP contribution in [0.1, 0.15) is 25.5 Å². The number of amides is 1. The van der Waals surface area contributed by atoms with Crippen LogP contribution in [0.4, 0.5) is 0 Å². The van der Waals surface area contributed by atoms with E-state index < -0.39 is 5.97 Å². The maximum atomic E-state index is 12.3. The number of ether oxygens (including phenoxy) is 1. The molecule has 1 N–H and O–H groups in total. The Balaban J connectivity index is 1.66. The number of carboxylic acids is 1. The van der Waals surface area contributed by atoms with E-state index in [1.165, 1.54) is 23.6 Å². The van der Waals surface area contributed by atoms with E-state index >= 15 is 0 Å². The van der Waals surface area contributed by atoms with Gasteiger partial charge in [0.15, 0.2) is 0 Å². The highest BCUT2D eigenvalue weighted by Crippen LogP contribution is 2.47. The lowest BCUT2D eigenvalue weighted by Crippen LogP contribution is -2.58. The molecule has 0 bridgehead atoms. The minimum Gasteiger partial charge on any atom is -0.477 e. The number of fused-ring (bicyclic) bond motifs is 1. The SMILES string of the molecule is CC(=O)OCCC1C(=O)N2C(C(=O)O)=C(SCc3ccco3)CC12. The molecule has 0 radical (unpaired) electrons. The van der Waals surface area contributed by atoms with Crippen molar-refractivity contribution in [3.8, 4) is 0 Å². The summed E-state index contributed by atoms with van der Waals surface area (Å²) in [6.45, 7) is 1.49. The molecule has 1 amide bonds. The fraction of sp³-hybridized carbons (Fsp3) is 0.438. The van der Waals surface area contributed by atoms with Crippen molar-refractivity contribution in [2.75, 3.05) is 6.61 Å². The fourth-order valence-electron chi connectivity index (χ4n) is 3.08. The molecule has 2 aliphatic heterocycles. The van der Waals surface area contributed by atoms with E-state index in [0.29, 0.717) is 23.5 Å². The Morgan fingerprint density at radius 3 is 2.92 bits per heavy atom. The average Bonchev–Trinajstić information content (AvgIpc) is 3.14. The maximum absolute atomic E-state index is 12.3. The summed E-state index contributed by atoms with van der Waals surface area (Å²) in [4.78, 5) is 36.7. The third-order valence-corrected chi connectivity index (χ3v) is 5.29. The van der Waals surface area contributed by atoms with Gasteiger partial charge in [-0.05, 0) is 18.6 Å². The Bertz CT molecular complexity index is 695. The van der Waals surface area contributed by atoms with Crippen LogP contribution in [0.3, 0.4) is 0 Å². The number of carbonyl (C=O) groups excluding carboxylic acids is 2. The first-order valence-electron chi connectivity index (χ1n) is 7.57. The molecule has 1 fully saturated rings.